The summed E-state index contributed by atoms with van der Waals surface area (Å²) in [4.78, 5) is 11.7. The molecule has 0 bridgehead atoms. The highest BCUT2D eigenvalue weighted by Gasteiger charge is 2.05. The second-order valence-corrected chi connectivity index (χ2v) is 8.65. The lowest BCUT2D eigenvalue weighted by atomic mass is 10.3. The fraction of sp³-hybridized carbons (Fsp3) is 0.467. The van der Waals surface area contributed by atoms with Crippen molar-refractivity contribution in [2.24, 2.45) is 4.99 Å². The number of rotatable bonds is 6. The molecule has 4 nitrogen and oxygen atoms in total. The highest BCUT2D eigenvalue weighted by atomic mass is 79.9. The molecule has 2 rings (SSSR count). The van der Waals surface area contributed by atoms with Crippen molar-refractivity contribution in [2.45, 2.75) is 33.7 Å². The highest BCUT2D eigenvalue weighted by Crippen LogP contribution is 2.22. The molecule has 0 unspecified atom stereocenters. The van der Waals surface area contributed by atoms with Gasteiger partial charge in [0.25, 0.3) is 0 Å². The number of nitrogens with zero attached hydrogens (tertiary/aromatic N) is 2. The Hall–Kier alpha value is -0.920. The van der Waals surface area contributed by atoms with Gasteiger partial charge in [0, 0.05) is 22.8 Å². The van der Waals surface area contributed by atoms with E-state index in [9.17, 15) is 0 Å². The van der Waals surface area contributed by atoms with Crippen molar-refractivity contribution < 1.29 is 0 Å². The Morgan fingerprint density at radius 3 is 2.68 bits per heavy atom. The predicted octanol–water partition coefficient (Wildman–Crippen LogP) is 3.88. The molecule has 0 fully saturated rings. The van der Waals surface area contributed by atoms with Crippen molar-refractivity contribution in [2.75, 3.05) is 13.1 Å². The molecule has 22 heavy (non-hydrogen) atoms. The number of aryl methyl sites for hydroxylation is 2. The predicted molar refractivity (Wildman–Crippen MR) is 100 cm³/mol. The SMILES string of the molecule is CCNC(=NCc1sc(C)nc1C)NCCc1ccc(Br)s1. The Morgan fingerprint density at radius 2 is 2.09 bits per heavy atom. The summed E-state index contributed by atoms with van der Waals surface area (Å²) in [6.07, 6.45) is 0.999. The largest absolute Gasteiger partial charge is 0.357 e. The maximum atomic E-state index is 4.65. The van der Waals surface area contributed by atoms with Crippen molar-refractivity contribution >= 4 is 44.6 Å². The van der Waals surface area contributed by atoms with Crippen molar-refractivity contribution in [3.05, 3.63) is 36.4 Å². The van der Waals surface area contributed by atoms with Gasteiger partial charge in [-0.05, 0) is 55.3 Å². The summed E-state index contributed by atoms with van der Waals surface area (Å²) < 4.78 is 1.18. The molecule has 2 heterocycles. The van der Waals surface area contributed by atoms with E-state index in [-0.39, 0.29) is 0 Å². The second-order valence-electron chi connectivity index (χ2n) is 4.82. The first kappa shape index (κ1) is 17.4. The first-order valence-corrected chi connectivity index (χ1v) is 9.70. The third kappa shape index (κ3) is 5.37. The van der Waals surface area contributed by atoms with Crippen LogP contribution < -0.4 is 10.6 Å². The molecule has 0 spiro atoms. The molecule has 0 aliphatic heterocycles. The van der Waals surface area contributed by atoms with E-state index in [2.05, 4.69) is 55.6 Å². The van der Waals surface area contributed by atoms with Crippen molar-refractivity contribution in [3.8, 4) is 0 Å². The lowest BCUT2D eigenvalue weighted by Gasteiger charge is -2.10. The van der Waals surface area contributed by atoms with E-state index in [1.54, 1.807) is 22.7 Å². The van der Waals surface area contributed by atoms with Crippen LogP contribution in [0.3, 0.4) is 0 Å². The van der Waals surface area contributed by atoms with E-state index in [1.165, 1.54) is 13.5 Å². The third-order valence-electron chi connectivity index (χ3n) is 3.02. The summed E-state index contributed by atoms with van der Waals surface area (Å²) in [6, 6.07) is 4.25. The van der Waals surface area contributed by atoms with E-state index in [1.807, 2.05) is 13.8 Å². The first-order valence-electron chi connectivity index (χ1n) is 7.27. The van der Waals surface area contributed by atoms with E-state index in [0.717, 1.165) is 36.2 Å². The third-order valence-corrected chi connectivity index (χ3v) is 5.76. The second kappa shape index (κ2) is 8.64. The maximum Gasteiger partial charge on any atom is 0.191 e. The zero-order valence-corrected chi connectivity index (χ0v) is 16.3. The van der Waals surface area contributed by atoms with Crippen LogP contribution in [-0.4, -0.2) is 24.0 Å². The number of thiophene rings is 1. The number of aromatic nitrogens is 1. The normalized spacial score (nSPS) is 11.7. The molecule has 0 aromatic carbocycles. The number of guanidine groups is 1. The van der Waals surface area contributed by atoms with E-state index < -0.39 is 0 Å². The van der Waals surface area contributed by atoms with E-state index in [0.29, 0.717) is 6.54 Å². The highest BCUT2D eigenvalue weighted by molar-refractivity contribution is 9.11. The van der Waals surface area contributed by atoms with Crippen LogP contribution in [0.2, 0.25) is 0 Å². The van der Waals surface area contributed by atoms with Gasteiger partial charge in [-0.25, -0.2) is 9.98 Å². The lowest BCUT2D eigenvalue weighted by molar-refractivity contribution is 0.805. The fourth-order valence-electron chi connectivity index (χ4n) is 2.00. The summed E-state index contributed by atoms with van der Waals surface area (Å²) in [5.74, 6) is 0.864. The molecule has 0 atom stereocenters. The van der Waals surface area contributed by atoms with Gasteiger partial charge in [-0.1, -0.05) is 0 Å². The molecule has 0 saturated heterocycles. The van der Waals surface area contributed by atoms with Gasteiger partial charge in [0.1, 0.15) is 0 Å². The van der Waals surface area contributed by atoms with Crippen LogP contribution in [0.25, 0.3) is 0 Å². The van der Waals surface area contributed by atoms with Gasteiger partial charge in [-0.3, -0.25) is 0 Å². The minimum Gasteiger partial charge on any atom is -0.357 e. The Balaban J connectivity index is 1.88. The van der Waals surface area contributed by atoms with Gasteiger partial charge in [0.15, 0.2) is 5.96 Å². The van der Waals surface area contributed by atoms with Crippen LogP contribution in [0.5, 0.6) is 0 Å². The quantitative estimate of drug-likeness (QED) is 0.571. The number of hydrogen-bond donors (Lipinski definition) is 2. The number of hydrogen-bond acceptors (Lipinski definition) is 4. The van der Waals surface area contributed by atoms with Gasteiger partial charge in [0.05, 0.1) is 21.0 Å². The van der Waals surface area contributed by atoms with Crippen molar-refractivity contribution in [3.63, 3.8) is 0 Å². The van der Waals surface area contributed by atoms with Gasteiger partial charge in [-0.2, -0.15) is 0 Å². The van der Waals surface area contributed by atoms with Gasteiger partial charge in [-0.15, -0.1) is 22.7 Å². The van der Waals surface area contributed by atoms with Crippen LogP contribution in [0.4, 0.5) is 0 Å². The smallest absolute Gasteiger partial charge is 0.191 e. The van der Waals surface area contributed by atoms with Crippen LogP contribution in [0.1, 0.15) is 27.4 Å². The minimum absolute atomic E-state index is 0.678. The minimum atomic E-state index is 0.678. The molecular weight excluding hydrogens is 380 g/mol. The zero-order chi connectivity index (χ0) is 15.9. The standard InChI is InChI=1S/C15H21BrN4S2/c1-4-17-15(18-8-7-12-5-6-14(16)22-12)19-9-13-10(2)20-11(3)21-13/h5-6H,4,7-9H2,1-3H3,(H2,17,18,19). The van der Waals surface area contributed by atoms with Crippen LogP contribution in [0.15, 0.2) is 20.9 Å². The average molecular weight is 401 g/mol. The van der Waals surface area contributed by atoms with E-state index in [4.69, 9.17) is 0 Å². The number of nitrogens with one attached hydrogen (secondary N) is 2. The Bertz CT molecular complexity index is 633. The first-order chi connectivity index (χ1) is 10.6. The number of halogens is 1. The Labute approximate surface area is 148 Å². The molecule has 0 radical (unpaired) electrons. The van der Waals surface area contributed by atoms with Crippen molar-refractivity contribution in [1.29, 1.82) is 0 Å². The number of thiazole rings is 1. The summed E-state index contributed by atoms with van der Waals surface area (Å²) in [7, 11) is 0. The van der Waals surface area contributed by atoms with Crippen LogP contribution >= 0.6 is 38.6 Å². The Morgan fingerprint density at radius 1 is 1.27 bits per heavy atom. The summed E-state index contributed by atoms with van der Waals surface area (Å²) in [6.45, 7) is 8.57. The Kier molecular flexibility index (Phi) is 6.85. The van der Waals surface area contributed by atoms with Crippen molar-refractivity contribution in [1.82, 2.24) is 15.6 Å². The van der Waals surface area contributed by atoms with Crippen LogP contribution in [0, 0.1) is 13.8 Å². The molecule has 2 aromatic heterocycles. The molecule has 0 aliphatic carbocycles. The molecule has 0 aliphatic rings. The topological polar surface area (TPSA) is 49.3 Å². The van der Waals surface area contributed by atoms with Gasteiger partial charge < -0.3 is 10.6 Å². The molecule has 2 aromatic rings. The molecular formula is C15H21BrN4S2. The lowest BCUT2D eigenvalue weighted by Crippen LogP contribution is -2.38. The van der Waals surface area contributed by atoms with Crippen LogP contribution in [-0.2, 0) is 13.0 Å². The van der Waals surface area contributed by atoms with Gasteiger partial charge in [0.2, 0.25) is 0 Å². The monoisotopic (exact) mass is 400 g/mol. The molecule has 0 amide bonds. The average Bonchev–Trinajstić information content (AvgIpc) is 3.01. The molecule has 2 N–H and O–H groups in total. The molecule has 120 valence electrons. The van der Waals surface area contributed by atoms with E-state index >= 15 is 0 Å². The summed E-state index contributed by atoms with van der Waals surface area (Å²) >= 11 is 6.99. The summed E-state index contributed by atoms with van der Waals surface area (Å²) in [5, 5.41) is 7.78. The number of aliphatic imine (C=N–C) groups is 1. The summed E-state index contributed by atoms with van der Waals surface area (Å²) in [5.41, 5.74) is 1.09. The zero-order valence-electron chi connectivity index (χ0n) is 13.1. The molecule has 0 saturated carbocycles. The fourth-order valence-corrected chi connectivity index (χ4v) is 4.35. The molecule has 7 heteroatoms. The van der Waals surface area contributed by atoms with Gasteiger partial charge >= 0.3 is 0 Å². The maximum absolute atomic E-state index is 4.65.